The third kappa shape index (κ3) is 2.93. The zero-order chi connectivity index (χ0) is 20.6. The number of allylic oxidation sites excluding steroid dienone is 2. The molecule has 11 unspecified atom stereocenters. The summed E-state index contributed by atoms with van der Waals surface area (Å²) >= 11 is 0. The summed E-state index contributed by atoms with van der Waals surface area (Å²) in [6.45, 7) is 0. The molecule has 30 heavy (non-hydrogen) atoms. The molecule has 0 aromatic heterocycles. The number of rotatable bonds is 5. The van der Waals surface area contributed by atoms with Gasteiger partial charge in [-0.2, -0.15) is 0 Å². The van der Waals surface area contributed by atoms with E-state index < -0.39 is 5.97 Å². The SMILES string of the molecule is O=C(OC1CC2CC(C(=O)OC3CC4CC(C(=O)O)C3C4)C1C2)C1CC2C=CC1C2. The van der Waals surface area contributed by atoms with Crippen molar-refractivity contribution in [3.05, 3.63) is 12.2 Å². The number of carboxylic acids is 1. The summed E-state index contributed by atoms with van der Waals surface area (Å²) in [5.41, 5.74) is 0. The third-order valence-electron chi connectivity index (χ3n) is 9.24. The van der Waals surface area contributed by atoms with Crippen LogP contribution in [0.1, 0.15) is 51.4 Å². The van der Waals surface area contributed by atoms with Gasteiger partial charge in [0.1, 0.15) is 12.2 Å². The summed E-state index contributed by atoms with van der Waals surface area (Å²) in [4.78, 5) is 37.3. The van der Waals surface area contributed by atoms with Gasteiger partial charge in [-0.25, -0.2) is 0 Å². The van der Waals surface area contributed by atoms with Crippen LogP contribution in [0.2, 0.25) is 0 Å². The Morgan fingerprint density at radius 3 is 1.80 bits per heavy atom. The highest BCUT2D eigenvalue weighted by molar-refractivity contribution is 5.76. The Bertz CT molecular complexity index is 804. The smallest absolute Gasteiger partial charge is 0.309 e. The lowest BCUT2D eigenvalue weighted by atomic mass is 9.85. The van der Waals surface area contributed by atoms with E-state index in [1.165, 1.54) is 0 Å². The fourth-order valence-corrected chi connectivity index (χ4v) is 7.92. The molecular weight excluding hydrogens is 384 g/mol. The van der Waals surface area contributed by atoms with Gasteiger partial charge in [0, 0.05) is 11.8 Å². The molecule has 11 atom stereocenters. The monoisotopic (exact) mass is 414 g/mol. The molecule has 0 heterocycles. The number of carboxylic acid groups (broad SMARTS) is 1. The van der Waals surface area contributed by atoms with Gasteiger partial charge in [-0.3, -0.25) is 14.4 Å². The molecule has 0 radical (unpaired) electrons. The average Bonchev–Trinajstić information content (AvgIpc) is 3.54. The van der Waals surface area contributed by atoms with Crippen molar-refractivity contribution in [2.75, 3.05) is 0 Å². The second-order valence-corrected chi connectivity index (χ2v) is 10.9. The van der Waals surface area contributed by atoms with E-state index in [1.54, 1.807) is 0 Å². The molecule has 162 valence electrons. The van der Waals surface area contributed by atoms with Crippen LogP contribution in [0.5, 0.6) is 0 Å². The molecule has 6 aliphatic carbocycles. The van der Waals surface area contributed by atoms with Crippen molar-refractivity contribution < 1.29 is 29.0 Å². The molecular formula is C24H30O6. The fourth-order valence-electron chi connectivity index (χ4n) is 7.92. The average molecular weight is 414 g/mol. The van der Waals surface area contributed by atoms with E-state index in [2.05, 4.69) is 12.2 Å². The molecule has 6 nitrogen and oxygen atoms in total. The van der Waals surface area contributed by atoms with Crippen molar-refractivity contribution in [1.29, 1.82) is 0 Å². The molecule has 6 rings (SSSR count). The lowest BCUT2D eigenvalue weighted by molar-refractivity contribution is -0.169. The second kappa shape index (κ2) is 6.83. The Morgan fingerprint density at radius 1 is 0.667 bits per heavy atom. The second-order valence-electron chi connectivity index (χ2n) is 10.9. The maximum Gasteiger partial charge on any atom is 0.309 e. The van der Waals surface area contributed by atoms with Gasteiger partial charge < -0.3 is 14.6 Å². The molecule has 6 bridgehead atoms. The third-order valence-corrected chi connectivity index (χ3v) is 9.24. The summed E-state index contributed by atoms with van der Waals surface area (Å²) in [7, 11) is 0. The van der Waals surface area contributed by atoms with Gasteiger partial charge in [0.2, 0.25) is 0 Å². The summed E-state index contributed by atoms with van der Waals surface area (Å²) in [5, 5.41) is 9.44. The minimum Gasteiger partial charge on any atom is -0.481 e. The highest BCUT2D eigenvalue weighted by Crippen LogP contribution is 2.53. The van der Waals surface area contributed by atoms with E-state index in [9.17, 15) is 19.5 Å². The molecule has 6 aliphatic rings. The van der Waals surface area contributed by atoms with Crippen LogP contribution >= 0.6 is 0 Å². The number of esters is 2. The minimum atomic E-state index is -0.759. The van der Waals surface area contributed by atoms with E-state index in [0.29, 0.717) is 23.7 Å². The molecule has 0 aromatic rings. The first-order valence-corrected chi connectivity index (χ1v) is 11.8. The lowest BCUT2D eigenvalue weighted by Gasteiger charge is -2.32. The molecule has 0 amide bonds. The Labute approximate surface area is 176 Å². The van der Waals surface area contributed by atoms with Crippen molar-refractivity contribution in [2.45, 2.75) is 63.6 Å². The molecule has 0 saturated heterocycles. The lowest BCUT2D eigenvalue weighted by Crippen LogP contribution is -2.39. The van der Waals surface area contributed by atoms with E-state index in [0.717, 1.165) is 51.4 Å². The van der Waals surface area contributed by atoms with Crippen molar-refractivity contribution >= 4 is 17.9 Å². The van der Waals surface area contributed by atoms with E-state index >= 15 is 0 Å². The van der Waals surface area contributed by atoms with Crippen LogP contribution in [0.3, 0.4) is 0 Å². The van der Waals surface area contributed by atoms with Crippen molar-refractivity contribution in [3.8, 4) is 0 Å². The first kappa shape index (κ1) is 18.9. The zero-order valence-electron chi connectivity index (χ0n) is 17.2. The summed E-state index contributed by atoms with van der Waals surface area (Å²) in [5.74, 6) is 0.0988. The van der Waals surface area contributed by atoms with Gasteiger partial charge >= 0.3 is 17.9 Å². The number of hydrogen-bond acceptors (Lipinski definition) is 5. The Balaban J connectivity index is 1.08. The zero-order valence-corrected chi connectivity index (χ0v) is 17.2. The maximum atomic E-state index is 13.0. The number of fused-ring (bicyclic) bond motifs is 6. The number of carbonyl (C=O) groups excluding carboxylic acids is 2. The summed E-state index contributed by atoms with van der Waals surface area (Å²) in [6, 6.07) is 0. The van der Waals surface area contributed by atoms with E-state index in [-0.39, 0.29) is 53.7 Å². The van der Waals surface area contributed by atoms with Gasteiger partial charge in [0.15, 0.2) is 0 Å². The predicted octanol–water partition coefficient (Wildman–Crippen LogP) is 3.20. The van der Waals surface area contributed by atoms with E-state index in [1.807, 2.05) is 0 Å². The predicted molar refractivity (Wildman–Crippen MR) is 105 cm³/mol. The molecule has 6 heteroatoms. The van der Waals surface area contributed by atoms with Crippen LogP contribution in [0.25, 0.3) is 0 Å². The standard InChI is InChI=1S/C24H30O6/c25-22(26)18-7-12-5-16(18)20(9-12)30-24(28)19-8-13-6-17(19)21(10-13)29-23(27)15-4-11-1-2-14(15)3-11/h1-2,11-21H,3-10H2,(H,25,26). The topological polar surface area (TPSA) is 89.9 Å². The van der Waals surface area contributed by atoms with E-state index in [4.69, 9.17) is 9.47 Å². The van der Waals surface area contributed by atoms with Crippen molar-refractivity contribution in [3.63, 3.8) is 0 Å². The number of ether oxygens (including phenoxy) is 2. The molecule has 0 aromatic carbocycles. The van der Waals surface area contributed by atoms with Crippen molar-refractivity contribution in [2.24, 2.45) is 53.3 Å². The quantitative estimate of drug-likeness (QED) is 0.549. The normalized spacial score (nSPS) is 49.7. The van der Waals surface area contributed by atoms with Gasteiger partial charge in [-0.1, -0.05) is 12.2 Å². The maximum absolute atomic E-state index is 13.0. The number of hydrogen-bond donors (Lipinski definition) is 1. The van der Waals surface area contributed by atoms with Gasteiger partial charge in [-0.15, -0.1) is 0 Å². The van der Waals surface area contributed by atoms with Crippen LogP contribution in [0, 0.1) is 53.3 Å². The van der Waals surface area contributed by atoms with Gasteiger partial charge in [0.05, 0.1) is 17.8 Å². The Morgan fingerprint density at radius 2 is 1.27 bits per heavy atom. The van der Waals surface area contributed by atoms with Crippen LogP contribution in [-0.4, -0.2) is 35.2 Å². The number of carbonyl (C=O) groups is 3. The van der Waals surface area contributed by atoms with Crippen LogP contribution in [0.15, 0.2) is 12.2 Å². The number of aliphatic carboxylic acids is 1. The Kier molecular flexibility index (Phi) is 4.30. The van der Waals surface area contributed by atoms with Gasteiger partial charge in [-0.05, 0) is 75.0 Å². The van der Waals surface area contributed by atoms with Crippen LogP contribution in [0.4, 0.5) is 0 Å². The largest absolute Gasteiger partial charge is 0.481 e. The molecule has 0 spiro atoms. The highest BCUT2D eigenvalue weighted by atomic mass is 16.6. The van der Waals surface area contributed by atoms with Gasteiger partial charge in [0.25, 0.3) is 0 Å². The Hall–Kier alpha value is -1.85. The molecule has 5 saturated carbocycles. The molecule has 1 N–H and O–H groups in total. The summed E-state index contributed by atoms with van der Waals surface area (Å²) in [6.07, 6.45) is 11.0. The molecule has 0 aliphatic heterocycles. The summed E-state index contributed by atoms with van der Waals surface area (Å²) < 4.78 is 11.9. The first-order chi connectivity index (χ1) is 14.5. The van der Waals surface area contributed by atoms with Crippen LogP contribution in [-0.2, 0) is 23.9 Å². The first-order valence-electron chi connectivity index (χ1n) is 11.8. The fraction of sp³-hybridized carbons (Fsp3) is 0.792. The highest BCUT2D eigenvalue weighted by Gasteiger charge is 2.55. The molecule has 5 fully saturated rings. The minimum absolute atomic E-state index is 0.00785. The van der Waals surface area contributed by atoms with Crippen LogP contribution < -0.4 is 0 Å². The van der Waals surface area contributed by atoms with Crippen molar-refractivity contribution in [1.82, 2.24) is 0 Å².